The topological polar surface area (TPSA) is 123 Å². The highest BCUT2D eigenvalue weighted by atomic mass is 16.6. The molecule has 0 spiro atoms. The Morgan fingerprint density at radius 1 is 0.358 bits per heavy atom. The van der Waals surface area contributed by atoms with Crippen molar-refractivity contribution in [1.82, 2.24) is 5.32 Å². The van der Waals surface area contributed by atoms with Gasteiger partial charge >= 0.3 is 0 Å². The molecule has 0 aromatic heterocycles. The Labute approximate surface area is 321 Å². The fourth-order valence-electron chi connectivity index (χ4n) is 4.73. The van der Waals surface area contributed by atoms with Crippen molar-refractivity contribution in [2.24, 2.45) is 0 Å². The van der Waals surface area contributed by atoms with Gasteiger partial charge in [-0.3, -0.25) is 0 Å². The lowest BCUT2D eigenvalue weighted by atomic mass is 10.0. The average Bonchev–Trinajstić information content (AvgIpc) is 3.18. The van der Waals surface area contributed by atoms with Gasteiger partial charge in [0.1, 0.15) is 12.4 Å². The minimum Gasteiger partial charge on any atom is -0.491 e. The van der Waals surface area contributed by atoms with Gasteiger partial charge in [-0.2, -0.15) is 0 Å². The van der Waals surface area contributed by atoms with Crippen LogP contribution >= 0.6 is 0 Å². The van der Waals surface area contributed by atoms with Gasteiger partial charge in [-0.25, -0.2) is 0 Å². The summed E-state index contributed by atoms with van der Waals surface area (Å²) in [5.41, 5.74) is 1.38. The van der Waals surface area contributed by atoms with Crippen molar-refractivity contribution < 1.29 is 56.8 Å². The summed E-state index contributed by atoms with van der Waals surface area (Å²) < 4.78 is 66.2. The molecule has 13 nitrogen and oxygen atoms in total. The van der Waals surface area contributed by atoms with Crippen molar-refractivity contribution >= 4 is 0 Å². The van der Waals surface area contributed by atoms with E-state index in [1.807, 2.05) is 7.05 Å². The largest absolute Gasteiger partial charge is 0.491 e. The Hall–Kier alpha value is -1.46. The first-order valence-electron chi connectivity index (χ1n) is 20.1. The zero-order valence-corrected chi connectivity index (χ0v) is 33.3. The van der Waals surface area contributed by atoms with E-state index in [1.54, 1.807) is 0 Å². The maximum atomic E-state index is 5.79. The van der Waals surface area contributed by atoms with Crippen LogP contribution < -0.4 is 10.1 Å². The van der Waals surface area contributed by atoms with Crippen LogP contribution in [-0.2, 0) is 58.5 Å². The van der Waals surface area contributed by atoms with Crippen molar-refractivity contribution in [3.8, 4) is 5.75 Å². The van der Waals surface area contributed by atoms with E-state index in [2.05, 4.69) is 36.5 Å². The van der Waals surface area contributed by atoms with E-state index in [9.17, 15) is 0 Å². The van der Waals surface area contributed by atoms with Crippen LogP contribution in [0.15, 0.2) is 24.3 Å². The minimum atomic E-state index is 0.514. The lowest BCUT2D eigenvalue weighted by Gasteiger charge is -2.09. The molecule has 1 aromatic carbocycles. The molecule has 0 heterocycles. The highest BCUT2D eigenvalue weighted by Crippen LogP contribution is 2.15. The quantitative estimate of drug-likeness (QED) is 0.0921. The third-order valence-corrected chi connectivity index (χ3v) is 7.71. The molecular formula is C40H75NO12. The first-order chi connectivity index (χ1) is 26.4. The Morgan fingerprint density at radius 3 is 1.00 bits per heavy atom. The summed E-state index contributed by atoms with van der Waals surface area (Å²) in [5.74, 6) is 0.887. The van der Waals surface area contributed by atoms with Crippen molar-refractivity contribution in [2.45, 2.75) is 58.3 Å². The van der Waals surface area contributed by atoms with Crippen molar-refractivity contribution in [3.63, 3.8) is 0 Å². The molecule has 0 saturated carbocycles. The molecule has 53 heavy (non-hydrogen) atoms. The van der Waals surface area contributed by atoms with Crippen LogP contribution in [0.5, 0.6) is 5.75 Å². The van der Waals surface area contributed by atoms with E-state index in [-0.39, 0.29) is 0 Å². The number of hydrogen-bond acceptors (Lipinski definition) is 13. The van der Waals surface area contributed by atoms with E-state index < -0.39 is 0 Å². The van der Waals surface area contributed by atoms with Crippen molar-refractivity contribution in [2.75, 3.05) is 166 Å². The lowest BCUT2D eigenvalue weighted by molar-refractivity contribution is -0.0277. The van der Waals surface area contributed by atoms with Crippen LogP contribution in [0.3, 0.4) is 0 Å². The maximum absolute atomic E-state index is 5.79. The predicted molar refractivity (Wildman–Crippen MR) is 207 cm³/mol. The summed E-state index contributed by atoms with van der Waals surface area (Å²) in [5, 5.41) is 3.02. The highest BCUT2D eigenvalue weighted by Gasteiger charge is 1.99. The fraction of sp³-hybridized carbons (Fsp3) is 0.850. The Balaban J connectivity index is 1.68. The first kappa shape index (κ1) is 49.6. The molecule has 312 valence electrons. The molecule has 0 aliphatic heterocycles. The average molecular weight is 762 g/mol. The third kappa shape index (κ3) is 38.6. The smallest absolute Gasteiger partial charge is 0.119 e. The summed E-state index contributed by atoms with van der Waals surface area (Å²) in [7, 11) is 1.90. The van der Waals surface area contributed by atoms with Crippen LogP contribution in [0.25, 0.3) is 0 Å². The molecule has 0 amide bonds. The zero-order chi connectivity index (χ0) is 37.8. The van der Waals surface area contributed by atoms with E-state index >= 15 is 0 Å². The maximum Gasteiger partial charge on any atom is 0.119 e. The molecular weight excluding hydrogens is 686 g/mol. The van der Waals surface area contributed by atoms with E-state index in [4.69, 9.17) is 56.8 Å². The summed E-state index contributed by atoms with van der Waals surface area (Å²) in [6.07, 6.45) is 10.5. The van der Waals surface area contributed by atoms with Crippen LogP contribution in [0.1, 0.15) is 57.4 Å². The lowest BCUT2D eigenvalue weighted by Crippen LogP contribution is -2.17. The second-order valence-electron chi connectivity index (χ2n) is 12.2. The number of aryl methyl sites for hydroxylation is 1. The molecule has 0 unspecified atom stereocenters. The normalized spacial score (nSPS) is 11.5. The van der Waals surface area contributed by atoms with E-state index in [1.165, 1.54) is 50.5 Å². The predicted octanol–water partition coefficient (Wildman–Crippen LogP) is 4.76. The molecule has 13 heteroatoms. The Bertz CT molecular complexity index is 823. The van der Waals surface area contributed by atoms with Gasteiger partial charge in [0.2, 0.25) is 0 Å². The second kappa shape index (κ2) is 43.3. The molecule has 0 radical (unpaired) electrons. The van der Waals surface area contributed by atoms with Crippen LogP contribution in [-0.4, -0.2) is 166 Å². The summed E-state index contributed by atoms with van der Waals surface area (Å²) in [6.45, 7) is 15.4. The number of nitrogens with one attached hydrogen (secondary N) is 1. The molecule has 1 N–H and O–H groups in total. The van der Waals surface area contributed by atoms with Crippen LogP contribution in [0.2, 0.25) is 0 Å². The van der Waals surface area contributed by atoms with Crippen LogP contribution in [0.4, 0.5) is 0 Å². The number of unbranched alkanes of at least 4 members (excludes halogenated alkanes) is 6. The Kier molecular flexibility index (Phi) is 40.5. The summed E-state index contributed by atoms with van der Waals surface area (Å²) in [4.78, 5) is 0. The first-order valence-corrected chi connectivity index (χ1v) is 20.1. The van der Waals surface area contributed by atoms with E-state index in [0.29, 0.717) is 152 Å². The number of benzene rings is 1. The number of ether oxygens (including phenoxy) is 12. The van der Waals surface area contributed by atoms with Gasteiger partial charge in [-0.1, -0.05) is 57.6 Å². The molecule has 1 rings (SSSR count). The standard InChI is InChI=1S/C40H75NO12/c1-3-4-5-6-7-8-9-10-39-11-13-40(14-12-39)53-38-37-52-36-35-51-34-33-50-32-31-49-30-29-48-28-27-47-26-25-46-24-23-45-22-21-44-20-19-43-18-17-42-16-15-41-2/h11-14,41H,3-10,15-38H2,1-2H3. The molecule has 0 fully saturated rings. The van der Waals surface area contributed by atoms with Crippen molar-refractivity contribution in [1.29, 1.82) is 0 Å². The van der Waals surface area contributed by atoms with Gasteiger partial charge in [0.05, 0.1) is 145 Å². The number of hydrogen-bond donors (Lipinski definition) is 1. The number of likely N-dealkylation sites (N-methyl/N-ethyl adjacent to an activating group) is 1. The Morgan fingerprint density at radius 2 is 0.660 bits per heavy atom. The summed E-state index contributed by atoms with van der Waals surface area (Å²) >= 11 is 0. The van der Waals surface area contributed by atoms with Gasteiger partial charge in [0.25, 0.3) is 0 Å². The van der Waals surface area contributed by atoms with Crippen LogP contribution in [0, 0.1) is 0 Å². The molecule has 0 aliphatic carbocycles. The highest BCUT2D eigenvalue weighted by molar-refractivity contribution is 5.27. The zero-order valence-electron chi connectivity index (χ0n) is 33.3. The fourth-order valence-corrected chi connectivity index (χ4v) is 4.73. The summed E-state index contributed by atoms with van der Waals surface area (Å²) in [6, 6.07) is 8.46. The molecule has 0 aliphatic rings. The van der Waals surface area contributed by atoms with Gasteiger partial charge in [0.15, 0.2) is 0 Å². The molecule has 0 saturated heterocycles. The SMILES string of the molecule is CCCCCCCCCc1ccc(OCCOCCOCCOCCOCCOCCOCCOCCOCCOCCOCCOCCNC)cc1. The van der Waals surface area contributed by atoms with Gasteiger partial charge in [-0.05, 0) is 37.6 Å². The molecule has 0 bridgehead atoms. The van der Waals surface area contributed by atoms with Gasteiger partial charge in [-0.15, -0.1) is 0 Å². The number of rotatable bonds is 45. The third-order valence-electron chi connectivity index (χ3n) is 7.71. The minimum absolute atomic E-state index is 0.514. The monoisotopic (exact) mass is 762 g/mol. The molecule has 0 atom stereocenters. The molecule has 1 aromatic rings. The van der Waals surface area contributed by atoms with Gasteiger partial charge in [0, 0.05) is 6.54 Å². The van der Waals surface area contributed by atoms with E-state index in [0.717, 1.165) is 18.7 Å². The second-order valence-corrected chi connectivity index (χ2v) is 12.2. The van der Waals surface area contributed by atoms with Gasteiger partial charge < -0.3 is 62.2 Å². The van der Waals surface area contributed by atoms with Crippen molar-refractivity contribution in [3.05, 3.63) is 29.8 Å².